The summed E-state index contributed by atoms with van der Waals surface area (Å²) in [5.74, 6) is 0.185. The third kappa shape index (κ3) is 6.26. The topological polar surface area (TPSA) is 147 Å². The number of rotatable bonds is 10. The van der Waals surface area contributed by atoms with Gasteiger partial charge >= 0.3 is 0 Å². The summed E-state index contributed by atoms with van der Waals surface area (Å²) in [6.07, 6.45) is 1.05. The maximum absolute atomic E-state index is 13.6. The Labute approximate surface area is 213 Å². The van der Waals surface area contributed by atoms with Crippen molar-refractivity contribution in [1.82, 2.24) is 25.3 Å². The van der Waals surface area contributed by atoms with Crippen molar-refractivity contribution in [3.8, 4) is 28.7 Å². The highest BCUT2D eigenvalue weighted by molar-refractivity contribution is 5.82. The Kier molecular flexibility index (Phi) is 8.39. The standard InChI is InChI=1S/C25H28FN7O4/c1-25(23(34)28-12-13-35-2)14-36-22(37-15-25)21-32-19(16-4-6-17(26)7-5-16)20(33-21)18-8-11-30-24(31-18)29-10-3-9-27/h4-8,11,22H,3,10,12-15H2,1-2H3,(H,28,34)(H,32,33)(H,29,30,31). The zero-order valence-electron chi connectivity index (χ0n) is 20.6. The first-order valence-electron chi connectivity index (χ1n) is 11.7. The van der Waals surface area contributed by atoms with Crippen LogP contribution in [-0.2, 0) is 19.0 Å². The van der Waals surface area contributed by atoms with Gasteiger partial charge in [0.1, 0.15) is 5.82 Å². The summed E-state index contributed by atoms with van der Waals surface area (Å²) >= 11 is 0. The normalized spacial score (nSPS) is 19.2. The van der Waals surface area contributed by atoms with Gasteiger partial charge in [-0.15, -0.1) is 0 Å². The van der Waals surface area contributed by atoms with Gasteiger partial charge in [0.15, 0.2) is 5.82 Å². The maximum Gasteiger partial charge on any atom is 0.230 e. The fourth-order valence-corrected chi connectivity index (χ4v) is 3.70. The minimum Gasteiger partial charge on any atom is -0.383 e. The second kappa shape index (κ2) is 11.9. The van der Waals surface area contributed by atoms with Gasteiger partial charge in [0.05, 0.1) is 54.8 Å². The Bertz CT molecular complexity index is 1250. The predicted octanol–water partition coefficient (Wildman–Crippen LogP) is 2.81. The number of halogens is 1. The van der Waals surface area contributed by atoms with Crippen molar-refractivity contribution >= 4 is 11.9 Å². The molecule has 0 bridgehead atoms. The second-order valence-corrected chi connectivity index (χ2v) is 8.72. The van der Waals surface area contributed by atoms with Crippen LogP contribution in [0.5, 0.6) is 0 Å². The molecule has 2 aromatic heterocycles. The van der Waals surface area contributed by atoms with Crippen molar-refractivity contribution in [2.75, 3.05) is 45.3 Å². The van der Waals surface area contributed by atoms with Crippen LogP contribution in [0.1, 0.15) is 25.5 Å². The fourth-order valence-electron chi connectivity index (χ4n) is 3.70. The van der Waals surface area contributed by atoms with Gasteiger partial charge in [0.25, 0.3) is 0 Å². The number of benzene rings is 1. The SMILES string of the molecule is COCCNC(=O)C1(C)COC(c2nc(-c3ccc(F)cc3)c(-c3ccnc(NCCC#N)n3)[nH]2)OC1. The summed E-state index contributed by atoms with van der Waals surface area (Å²) in [5, 5.41) is 14.6. The number of methoxy groups -OCH3 is 1. The molecule has 0 saturated carbocycles. The Morgan fingerprint density at radius 2 is 2.00 bits per heavy atom. The molecule has 194 valence electrons. The summed E-state index contributed by atoms with van der Waals surface area (Å²) < 4.78 is 30.4. The number of imidazole rings is 1. The average molecular weight is 510 g/mol. The molecule has 1 fully saturated rings. The first-order valence-corrected chi connectivity index (χ1v) is 11.7. The number of nitriles is 1. The first-order chi connectivity index (χ1) is 17.9. The van der Waals surface area contributed by atoms with Crippen LogP contribution in [0.15, 0.2) is 36.5 Å². The molecular formula is C25H28FN7O4. The number of aromatic nitrogens is 4. The zero-order valence-corrected chi connectivity index (χ0v) is 20.6. The number of hydrogen-bond donors (Lipinski definition) is 3. The molecule has 1 saturated heterocycles. The monoisotopic (exact) mass is 509 g/mol. The second-order valence-electron chi connectivity index (χ2n) is 8.72. The quantitative estimate of drug-likeness (QED) is 0.351. The van der Waals surface area contributed by atoms with E-state index in [1.165, 1.54) is 12.1 Å². The summed E-state index contributed by atoms with van der Waals surface area (Å²) in [4.78, 5) is 29.3. The molecule has 1 aliphatic rings. The number of H-pyrrole nitrogens is 1. The van der Waals surface area contributed by atoms with Crippen molar-refractivity contribution in [2.45, 2.75) is 19.6 Å². The lowest BCUT2D eigenvalue weighted by atomic mass is 9.91. The van der Waals surface area contributed by atoms with E-state index in [0.717, 1.165) is 0 Å². The molecule has 3 heterocycles. The van der Waals surface area contributed by atoms with Crippen LogP contribution in [0, 0.1) is 22.6 Å². The van der Waals surface area contributed by atoms with E-state index in [1.807, 2.05) is 0 Å². The largest absolute Gasteiger partial charge is 0.383 e. The van der Waals surface area contributed by atoms with Crippen LogP contribution in [0.2, 0.25) is 0 Å². The molecule has 1 amide bonds. The molecule has 1 aliphatic heterocycles. The Morgan fingerprint density at radius 3 is 2.70 bits per heavy atom. The van der Waals surface area contributed by atoms with Crippen molar-refractivity contribution in [2.24, 2.45) is 5.41 Å². The van der Waals surface area contributed by atoms with Gasteiger partial charge in [0, 0.05) is 32.0 Å². The Balaban J connectivity index is 1.59. The number of anilines is 1. The highest BCUT2D eigenvalue weighted by Gasteiger charge is 2.40. The molecule has 12 heteroatoms. The van der Waals surface area contributed by atoms with Gasteiger partial charge in [0.2, 0.25) is 18.1 Å². The average Bonchev–Trinajstić information content (AvgIpc) is 3.35. The van der Waals surface area contributed by atoms with Crippen LogP contribution in [0.3, 0.4) is 0 Å². The van der Waals surface area contributed by atoms with Crippen LogP contribution in [0.25, 0.3) is 22.6 Å². The van der Waals surface area contributed by atoms with Crippen LogP contribution >= 0.6 is 0 Å². The lowest BCUT2D eigenvalue weighted by molar-refractivity contribution is -0.231. The molecule has 0 aliphatic carbocycles. The molecule has 0 spiro atoms. The van der Waals surface area contributed by atoms with Gasteiger partial charge < -0.3 is 29.8 Å². The third-order valence-electron chi connectivity index (χ3n) is 5.74. The number of carbonyl (C=O) groups is 1. The van der Waals surface area contributed by atoms with Crippen molar-refractivity contribution in [1.29, 1.82) is 5.26 Å². The van der Waals surface area contributed by atoms with Crippen LogP contribution in [0.4, 0.5) is 10.3 Å². The lowest BCUT2D eigenvalue weighted by Gasteiger charge is -2.35. The molecule has 0 unspecified atom stereocenters. The molecule has 0 radical (unpaired) electrons. The fraction of sp³-hybridized carbons (Fsp3) is 0.400. The minimum atomic E-state index is -0.865. The summed E-state index contributed by atoms with van der Waals surface area (Å²) in [6.45, 7) is 3.22. The summed E-state index contributed by atoms with van der Waals surface area (Å²) in [5.41, 5.74) is 1.41. The van der Waals surface area contributed by atoms with E-state index in [0.29, 0.717) is 60.5 Å². The number of hydrogen-bond acceptors (Lipinski definition) is 9. The van der Waals surface area contributed by atoms with E-state index in [-0.39, 0.29) is 24.9 Å². The van der Waals surface area contributed by atoms with Gasteiger partial charge in [-0.25, -0.2) is 19.3 Å². The van der Waals surface area contributed by atoms with E-state index < -0.39 is 11.7 Å². The molecule has 3 N–H and O–H groups in total. The predicted molar refractivity (Wildman–Crippen MR) is 131 cm³/mol. The Morgan fingerprint density at radius 1 is 1.24 bits per heavy atom. The number of amides is 1. The molecule has 3 aromatic rings. The van der Waals surface area contributed by atoms with Crippen LogP contribution in [-0.4, -0.2) is 65.9 Å². The number of carbonyl (C=O) groups excluding carboxylic acids is 1. The number of ether oxygens (including phenoxy) is 3. The Hall–Kier alpha value is -3.92. The van der Waals surface area contributed by atoms with Crippen molar-refractivity contribution in [3.63, 3.8) is 0 Å². The summed E-state index contributed by atoms with van der Waals surface area (Å²) in [6, 6.07) is 9.72. The maximum atomic E-state index is 13.6. The molecule has 37 heavy (non-hydrogen) atoms. The molecule has 0 atom stereocenters. The number of nitrogens with zero attached hydrogens (tertiary/aromatic N) is 4. The van der Waals surface area contributed by atoms with Crippen molar-refractivity contribution < 1.29 is 23.4 Å². The third-order valence-corrected chi connectivity index (χ3v) is 5.74. The van der Waals surface area contributed by atoms with Gasteiger partial charge in [-0.1, -0.05) is 0 Å². The molecule has 11 nitrogen and oxygen atoms in total. The van der Waals surface area contributed by atoms with E-state index in [1.54, 1.807) is 38.4 Å². The van der Waals surface area contributed by atoms with E-state index in [2.05, 4.69) is 31.7 Å². The lowest BCUT2D eigenvalue weighted by Crippen LogP contribution is -2.49. The highest BCUT2D eigenvalue weighted by Crippen LogP contribution is 2.35. The zero-order chi connectivity index (χ0) is 26.3. The smallest absolute Gasteiger partial charge is 0.230 e. The van der Waals surface area contributed by atoms with E-state index in [4.69, 9.17) is 24.5 Å². The highest BCUT2D eigenvalue weighted by atomic mass is 19.1. The van der Waals surface area contributed by atoms with E-state index in [9.17, 15) is 9.18 Å². The van der Waals surface area contributed by atoms with Gasteiger partial charge in [-0.3, -0.25) is 4.79 Å². The molecular weight excluding hydrogens is 481 g/mol. The van der Waals surface area contributed by atoms with Gasteiger partial charge in [-0.05, 0) is 37.3 Å². The van der Waals surface area contributed by atoms with Crippen molar-refractivity contribution in [3.05, 3.63) is 48.2 Å². The number of nitrogens with one attached hydrogen (secondary N) is 3. The molecule has 1 aromatic carbocycles. The van der Waals surface area contributed by atoms with E-state index >= 15 is 0 Å². The minimum absolute atomic E-state index is 0.124. The first kappa shape index (κ1) is 26.2. The summed E-state index contributed by atoms with van der Waals surface area (Å²) in [7, 11) is 1.57. The van der Waals surface area contributed by atoms with Crippen LogP contribution < -0.4 is 10.6 Å². The molecule has 4 rings (SSSR count). The number of aromatic amines is 1. The van der Waals surface area contributed by atoms with Gasteiger partial charge in [-0.2, -0.15) is 5.26 Å².